The molecule has 27 heavy (non-hydrogen) atoms. The van der Waals surface area contributed by atoms with E-state index in [4.69, 9.17) is 11.6 Å². The molecule has 2 atom stereocenters. The maximum absolute atomic E-state index is 13.2. The molecule has 2 unspecified atom stereocenters. The van der Waals surface area contributed by atoms with Gasteiger partial charge in [-0.2, -0.15) is 0 Å². The Morgan fingerprint density at radius 1 is 1.04 bits per heavy atom. The van der Waals surface area contributed by atoms with Crippen molar-refractivity contribution < 1.29 is 9.90 Å². The Kier molecular flexibility index (Phi) is 5.30. The molecule has 4 rings (SSSR count). The number of benzene rings is 2. The zero-order chi connectivity index (χ0) is 18.8. The molecule has 1 saturated heterocycles. The zero-order valence-electron chi connectivity index (χ0n) is 15.1. The van der Waals surface area contributed by atoms with Crippen LogP contribution in [0.5, 0.6) is 0 Å². The number of hydrogen-bond donors (Lipinski definition) is 2. The lowest BCUT2D eigenvalue weighted by molar-refractivity contribution is 0.0324. The lowest BCUT2D eigenvalue weighted by Crippen LogP contribution is -2.43. The second-order valence-electron chi connectivity index (χ2n) is 7.15. The zero-order valence-corrected chi connectivity index (χ0v) is 15.8. The topological polar surface area (TPSA) is 56.3 Å². The third-order valence-corrected chi connectivity index (χ3v) is 5.67. The lowest BCUT2D eigenvalue weighted by Gasteiger charge is -2.37. The molecular weight excluding hydrogens is 360 g/mol. The van der Waals surface area contributed by atoms with Crippen molar-refractivity contribution in [3.05, 3.63) is 70.9 Å². The number of nitrogens with zero attached hydrogens (tertiary/aromatic N) is 1. The first kappa shape index (κ1) is 18.2. The Labute approximate surface area is 163 Å². The van der Waals surface area contributed by atoms with E-state index in [1.807, 2.05) is 48.5 Å². The molecular formula is C22H23ClN2O2. The van der Waals surface area contributed by atoms with Gasteiger partial charge in [0.05, 0.1) is 6.04 Å². The molecule has 2 N–H and O–H groups in total. The van der Waals surface area contributed by atoms with E-state index in [0.29, 0.717) is 10.6 Å². The minimum Gasteiger partial charge on any atom is -0.383 e. The Morgan fingerprint density at radius 2 is 1.74 bits per heavy atom. The number of nitrogens with one attached hydrogen (secondary N) is 1. The quantitative estimate of drug-likeness (QED) is 0.634. The van der Waals surface area contributed by atoms with Crippen LogP contribution in [0, 0.1) is 0 Å². The van der Waals surface area contributed by atoms with Crippen molar-refractivity contribution in [3.8, 4) is 0 Å². The molecule has 1 fully saturated rings. The fourth-order valence-corrected chi connectivity index (χ4v) is 4.15. The largest absolute Gasteiger partial charge is 0.383 e. The number of H-pyrrole nitrogens is 1. The molecule has 140 valence electrons. The molecule has 0 spiro atoms. The van der Waals surface area contributed by atoms with Gasteiger partial charge in [0.15, 0.2) is 5.78 Å². The van der Waals surface area contributed by atoms with Gasteiger partial charge in [0.2, 0.25) is 0 Å². The number of aromatic amines is 1. The molecule has 0 saturated carbocycles. The molecule has 0 amide bonds. The van der Waals surface area contributed by atoms with Crippen molar-refractivity contribution >= 4 is 28.3 Å². The number of rotatable bonds is 5. The number of ketones is 1. The van der Waals surface area contributed by atoms with Gasteiger partial charge in [-0.25, -0.2) is 0 Å². The standard InChI is InChI=1S/C22H23ClN2O2/c23-16-10-8-15(9-11-16)20(25-12-4-1-5-13-25)22(27)21(26)18-14-24-19-7-3-2-6-17(18)19/h2-3,6-11,14,20,22,24,27H,1,4-5,12-13H2. The normalized spacial score (nSPS) is 17.7. The minimum atomic E-state index is -1.14. The highest BCUT2D eigenvalue weighted by Gasteiger charge is 2.34. The fraction of sp³-hybridized carbons (Fsp3) is 0.318. The van der Waals surface area contributed by atoms with Gasteiger partial charge in [0.25, 0.3) is 0 Å². The van der Waals surface area contributed by atoms with E-state index in [1.165, 1.54) is 6.42 Å². The monoisotopic (exact) mass is 382 g/mol. The van der Waals surface area contributed by atoms with Crippen LogP contribution >= 0.6 is 11.6 Å². The van der Waals surface area contributed by atoms with Crippen molar-refractivity contribution in [1.82, 2.24) is 9.88 Å². The molecule has 3 aromatic rings. The van der Waals surface area contributed by atoms with Gasteiger partial charge in [0, 0.05) is 27.7 Å². The van der Waals surface area contributed by atoms with Crippen LogP contribution in [0.3, 0.4) is 0 Å². The molecule has 1 aliphatic rings. The van der Waals surface area contributed by atoms with Gasteiger partial charge >= 0.3 is 0 Å². The van der Waals surface area contributed by atoms with Gasteiger partial charge in [-0.3, -0.25) is 9.69 Å². The van der Waals surface area contributed by atoms with Gasteiger partial charge < -0.3 is 10.1 Å². The van der Waals surface area contributed by atoms with Crippen molar-refractivity contribution in [1.29, 1.82) is 0 Å². The number of halogens is 1. The molecule has 2 heterocycles. The van der Waals surface area contributed by atoms with Gasteiger partial charge in [0.1, 0.15) is 6.10 Å². The third kappa shape index (κ3) is 3.65. The van der Waals surface area contributed by atoms with Crippen LogP contribution in [0.2, 0.25) is 5.02 Å². The summed E-state index contributed by atoms with van der Waals surface area (Å²) >= 11 is 6.04. The first-order valence-corrected chi connectivity index (χ1v) is 9.81. The second kappa shape index (κ2) is 7.85. The fourth-order valence-electron chi connectivity index (χ4n) is 4.03. The van der Waals surface area contributed by atoms with E-state index in [9.17, 15) is 9.90 Å². The van der Waals surface area contributed by atoms with Crippen LogP contribution in [0.15, 0.2) is 54.7 Å². The predicted molar refractivity (Wildman–Crippen MR) is 108 cm³/mol. The van der Waals surface area contributed by atoms with Crippen molar-refractivity contribution in [2.75, 3.05) is 13.1 Å². The number of carbonyl (C=O) groups excluding carboxylic acids is 1. The maximum Gasteiger partial charge on any atom is 0.195 e. The smallest absolute Gasteiger partial charge is 0.195 e. The maximum atomic E-state index is 13.2. The molecule has 5 heteroatoms. The number of hydrogen-bond acceptors (Lipinski definition) is 3. The van der Waals surface area contributed by atoms with E-state index >= 15 is 0 Å². The van der Waals surface area contributed by atoms with E-state index in [0.717, 1.165) is 42.4 Å². The molecule has 0 aliphatic carbocycles. The number of aliphatic hydroxyl groups excluding tert-OH is 1. The van der Waals surface area contributed by atoms with Crippen LogP contribution in [-0.4, -0.2) is 40.0 Å². The van der Waals surface area contributed by atoms with Crippen molar-refractivity contribution in [2.24, 2.45) is 0 Å². The summed E-state index contributed by atoms with van der Waals surface area (Å²) in [6.45, 7) is 1.76. The summed E-state index contributed by atoms with van der Waals surface area (Å²) in [7, 11) is 0. The summed E-state index contributed by atoms with van der Waals surface area (Å²) in [5, 5.41) is 12.6. The number of aromatic nitrogens is 1. The number of piperidine rings is 1. The van der Waals surface area contributed by atoms with E-state index < -0.39 is 6.10 Å². The van der Waals surface area contributed by atoms with Crippen molar-refractivity contribution in [2.45, 2.75) is 31.4 Å². The van der Waals surface area contributed by atoms with Crippen molar-refractivity contribution in [3.63, 3.8) is 0 Å². The summed E-state index contributed by atoms with van der Waals surface area (Å²) in [5.41, 5.74) is 2.35. The first-order chi connectivity index (χ1) is 13.1. The molecule has 0 radical (unpaired) electrons. The SMILES string of the molecule is O=C(c1c[nH]c2ccccc12)C(O)C(c1ccc(Cl)cc1)N1CCCCC1. The van der Waals surface area contributed by atoms with E-state index in [-0.39, 0.29) is 11.8 Å². The Bertz CT molecular complexity index is 929. The van der Waals surface area contributed by atoms with Crippen LogP contribution in [0.25, 0.3) is 10.9 Å². The van der Waals surface area contributed by atoms with Crippen LogP contribution < -0.4 is 0 Å². The average Bonchev–Trinajstić information content (AvgIpc) is 3.14. The minimum absolute atomic E-state index is 0.252. The molecule has 2 aromatic carbocycles. The molecule has 0 bridgehead atoms. The number of Topliss-reactive ketones (excluding diaryl/α,β-unsaturated/α-hetero) is 1. The Balaban J connectivity index is 1.69. The summed E-state index contributed by atoms with van der Waals surface area (Å²) in [4.78, 5) is 18.6. The average molecular weight is 383 g/mol. The number of para-hydroxylation sites is 1. The summed E-state index contributed by atoms with van der Waals surface area (Å²) in [6, 6.07) is 14.7. The van der Waals surface area contributed by atoms with E-state index in [2.05, 4.69) is 9.88 Å². The summed E-state index contributed by atoms with van der Waals surface area (Å²) < 4.78 is 0. The predicted octanol–water partition coefficient (Wildman–Crippen LogP) is 4.59. The van der Waals surface area contributed by atoms with Crippen LogP contribution in [-0.2, 0) is 0 Å². The summed E-state index contributed by atoms with van der Waals surface area (Å²) in [6.07, 6.45) is 3.92. The number of carbonyl (C=O) groups is 1. The highest BCUT2D eigenvalue weighted by atomic mass is 35.5. The van der Waals surface area contributed by atoms with Gasteiger partial charge in [-0.05, 0) is 49.7 Å². The molecule has 1 aromatic heterocycles. The number of aliphatic hydroxyl groups is 1. The number of likely N-dealkylation sites (tertiary alicyclic amines) is 1. The molecule has 1 aliphatic heterocycles. The van der Waals surface area contributed by atoms with E-state index in [1.54, 1.807) is 6.20 Å². The highest BCUT2D eigenvalue weighted by Crippen LogP contribution is 2.31. The van der Waals surface area contributed by atoms with Gasteiger partial charge in [-0.1, -0.05) is 48.4 Å². The Morgan fingerprint density at radius 3 is 2.48 bits per heavy atom. The van der Waals surface area contributed by atoms with Gasteiger partial charge in [-0.15, -0.1) is 0 Å². The Hall–Kier alpha value is -2.14. The molecule has 4 nitrogen and oxygen atoms in total. The summed E-state index contributed by atoms with van der Waals surface area (Å²) in [5.74, 6) is -0.252. The highest BCUT2D eigenvalue weighted by molar-refractivity contribution is 6.30. The third-order valence-electron chi connectivity index (χ3n) is 5.42. The van der Waals surface area contributed by atoms with Crippen LogP contribution in [0.1, 0.15) is 41.2 Å². The lowest BCUT2D eigenvalue weighted by atomic mass is 9.92. The van der Waals surface area contributed by atoms with Crippen LogP contribution in [0.4, 0.5) is 0 Å². The number of fused-ring (bicyclic) bond motifs is 1. The second-order valence-corrected chi connectivity index (χ2v) is 7.59. The first-order valence-electron chi connectivity index (χ1n) is 9.43.